The van der Waals surface area contributed by atoms with Crippen molar-refractivity contribution >= 4 is 33.7 Å². The average Bonchev–Trinajstić information content (AvgIpc) is 3.27. The smallest absolute Gasteiger partial charge is 0.331 e. The Morgan fingerprint density at radius 2 is 1.85 bits per heavy atom. The first-order valence-electron chi connectivity index (χ1n) is 14.2. The highest BCUT2D eigenvalue weighted by Crippen LogP contribution is 2.33. The lowest BCUT2D eigenvalue weighted by atomic mass is 9.93. The van der Waals surface area contributed by atoms with Gasteiger partial charge in [0.15, 0.2) is 0 Å². The fourth-order valence-corrected chi connectivity index (χ4v) is 6.13. The Morgan fingerprint density at radius 3 is 2.55 bits per heavy atom. The molecular formula is C29H36N8O3. The summed E-state index contributed by atoms with van der Waals surface area (Å²) in [5.41, 5.74) is 7.97. The minimum Gasteiger partial charge on any atom is -0.356 e. The van der Waals surface area contributed by atoms with E-state index in [0.29, 0.717) is 41.3 Å². The number of hydrogen-bond donors (Lipinski definition) is 2. The Balaban J connectivity index is 1.56. The molecule has 1 aliphatic heterocycles. The van der Waals surface area contributed by atoms with E-state index in [-0.39, 0.29) is 24.5 Å². The Morgan fingerprint density at radius 1 is 1.07 bits per heavy atom. The molecule has 0 unspecified atom stereocenters. The first-order valence-corrected chi connectivity index (χ1v) is 14.2. The van der Waals surface area contributed by atoms with Crippen molar-refractivity contribution in [3.8, 4) is 0 Å². The molecule has 1 saturated heterocycles. The molecule has 0 bridgehead atoms. The highest BCUT2D eigenvalue weighted by molar-refractivity contribution is 6.11. The van der Waals surface area contributed by atoms with Gasteiger partial charge in [-0.15, -0.1) is 0 Å². The number of benzene rings is 1. The second-order valence-electron chi connectivity index (χ2n) is 11.1. The molecule has 210 valence electrons. The van der Waals surface area contributed by atoms with E-state index < -0.39 is 11.2 Å². The minimum atomic E-state index is -0.514. The van der Waals surface area contributed by atoms with Crippen LogP contribution in [0.25, 0.3) is 21.9 Å². The van der Waals surface area contributed by atoms with Gasteiger partial charge in [0.2, 0.25) is 0 Å². The molecule has 1 saturated carbocycles. The minimum absolute atomic E-state index is 0.0339. The summed E-state index contributed by atoms with van der Waals surface area (Å²) in [6.45, 7) is 5.52. The molecule has 2 aliphatic rings. The Bertz CT molecular complexity index is 1750. The molecule has 0 spiro atoms. The van der Waals surface area contributed by atoms with E-state index in [0.717, 1.165) is 55.2 Å². The van der Waals surface area contributed by atoms with Crippen LogP contribution in [0.2, 0.25) is 0 Å². The zero-order valence-electron chi connectivity index (χ0n) is 23.3. The van der Waals surface area contributed by atoms with E-state index in [2.05, 4.69) is 20.2 Å². The second-order valence-corrected chi connectivity index (χ2v) is 11.1. The molecule has 4 aromatic rings. The number of hydrogen-bond acceptors (Lipinski definition) is 7. The van der Waals surface area contributed by atoms with Gasteiger partial charge in [0, 0.05) is 49.8 Å². The van der Waals surface area contributed by atoms with Crippen molar-refractivity contribution in [1.82, 2.24) is 29.0 Å². The number of anilines is 1. The maximum atomic E-state index is 14.2. The van der Waals surface area contributed by atoms with Crippen molar-refractivity contribution in [3.05, 3.63) is 62.2 Å². The topological polar surface area (TPSA) is 133 Å². The molecule has 1 aromatic carbocycles. The number of rotatable bonds is 6. The standard InChI is InChI=1S/C29H36N8O3/c1-4-36-25-24(23(26(38)32-19-10-7-11-19)27(36)35-14-8-9-18(30)15-35)34(3)29(40)37(28(25)39)16-22-31-17(2)20-12-5-6-13-21(20)33-22/h5-6,12-13,18-19H,4,7-11,14-16,30H2,1-3H3,(H,32,38)/t18-/m1/s1. The van der Waals surface area contributed by atoms with Crippen LogP contribution in [0, 0.1) is 6.92 Å². The molecule has 2 fully saturated rings. The molecule has 1 amide bonds. The van der Waals surface area contributed by atoms with E-state index in [1.165, 1.54) is 9.13 Å². The average molecular weight is 545 g/mol. The zero-order valence-corrected chi connectivity index (χ0v) is 23.3. The van der Waals surface area contributed by atoms with Gasteiger partial charge in [0.25, 0.3) is 11.5 Å². The zero-order chi connectivity index (χ0) is 28.1. The number of nitrogens with two attached hydrogens (primary N) is 1. The van der Waals surface area contributed by atoms with Gasteiger partial charge in [-0.2, -0.15) is 0 Å². The van der Waals surface area contributed by atoms with E-state index in [4.69, 9.17) is 5.73 Å². The number of nitrogens with one attached hydrogen (secondary N) is 1. The van der Waals surface area contributed by atoms with Crippen LogP contribution in [0.5, 0.6) is 0 Å². The molecule has 4 heterocycles. The Hall–Kier alpha value is -3.99. The number of carbonyl (C=O) groups is 1. The predicted molar refractivity (Wildman–Crippen MR) is 155 cm³/mol. The van der Waals surface area contributed by atoms with Crippen molar-refractivity contribution < 1.29 is 4.79 Å². The summed E-state index contributed by atoms with van der Waals surface area (Å²) in [5, 5.41) is 4.07. The summed E-state index contributed by atoms with van der Waals surface area (Å²) in [4.78, 5) is 53.1. The quantitative estimate of drug-likeness (QED) is 0.379. The molecule has 3 aromatic heterocycles. The van der Waals surface area contributed by atoms with Crippen LogP contribution in [0.4, 0.5) is 5.82 Å². The fourth-order valence-electron chi connectivity index (χ4n) is 6.13. The largest absolute Gasteiger partial charge is 0.356 e. The van der Waals surface area contributed by atoms with Gasteiger partial charge >= 0.3 is 5.69 Å². The molecule has 1 aliphatic carbocycles. The molecule has 11 nitrogen and oxygen atoms in total. The second kappa shape index (κ2) is 10.2. The van der Waals surface area contributed by atoms with Crippen LogP contribution in [-0.2, 0) is 20.1 Å². The summed E-state index contributed by atoms with van der Waals surface area (Å²) < 4.78 is 4.49. The molecule has 40 heavy (non-hydrogen) atoms. The normalized spacial score (nSPS) is 17.9. The van der Waals surface area contributed by atoms with Gasteiger partial charge in [-0.3, -0.25) is 18.7 Å². The number of carbonyl (C=O) groups excluding carboxylic acids is 1. The van der Waals surface area contributed by atoms with Crippen LogP contribution in [0.15, 0.2) is 33.9 Å². The van der Waals surface area contributed by atoms with Gasteiger partial charge in [-0.05, 0) is 52.0 Å². The van der Waals surface area contributed by atoms with Crippen LogP contribution < -0.4 is 27.2 Å². The van der Waals surface area contributed by atoms with Crippen molar-refractivity contribution in [2.75, 3.05) is 18.0 Å². The number of para-hydroxylation sites is 1. The predicted octanol–water partition coefficient (Wildman–Crippen LogP) is 2.03. The van der Waals surface area contributed by atoms with Gasteiger partial charge in [0.05, 0.1) is 17.6 Å². The third-order valence-electron chi connectivity index (χ3n) is 8.39. The highest BCUT2D eigenvalue weighted by atomic mass is 16.2. The first kappa shape index (κ1) is 26.2. The van der Waals surface area contributed by atoms with Crippen molar-refractivity contribution in [2.24, 2.45) is 12.8 Å². The van der Waals surface area contributed by atoms with E-state index >= 15 is 0 Å². The van der Waals surface area contributed by atoms with Crippen LogP contribution >= 0.6 is 0 Å². The molecule has 6 rings (SSSR count). The molecular weight excluding hydrogens is 508 g/mol. The maximum Gasteiger partial charge on any atom is 0.331 e. The lowest BCUT2D eigenvalue weighted by Gasteiger charge is -2.34. The summed E-state index contributed by atoms with van der Waals surface area (Å²) in [5.74, 6) is 0.790. The fraction of sp³-hybridized carbons (Fsp3) is 0.483. The van der Waals surface area contributed by atoms with Crippen molar-refractivity contribution in [1.29, 1.82) is 0 Å². The lowest BCUT2D eigenvalue weighted by molar-refractivity contribution is 0.0918. The van der Waals surface area contributed by atoms with Crippen molar-refractivity contribution in [2.45, 2.75) is 71.1 Å². The number of aryl methyl sites for hydroxylation is 3. The Labute approximate surface area is 231 Å². The number of fused-ring (bicyclic) bond motifs is 2. The highest BCUT2D eigenvalue weighted by Gasteiger charge is 2.34. The number of aromatic nitrogens is 5. The van der Waals surface area contributed by atoms with Crippen molar-refractivity contribution in [3.63, 3.8) is 0 Å². The van der Waals surface area contributed by atoms with E-state index in [9.17, 15) is 14.4 Å². The third kappa shape index (κ3) is 4.28. The van der Waals surface area contributed by atoms with E-state index in [1.807, 2.05) is 42.7 Å². The van der Waals surface area contributed by atoms with Gasteiger partial charge in [0.1, 0.15) is 22.7 Å². The Kier molecular flexibility index (Phi) is 6.69. The lowest BCUT2D eigenvalue weighted by Crippen LogP contribution is -2.45. The van der Waals surface area contributed by atoms with Crippen LogP contribution in [0.1, 0.15) is 60.9 Å². The maximum absolute atomic E-state index is 14.2. The van der Waals surface area contributed by atoms with Gasteiger partial charge < -0.3 is 20.5 Å². The SMILES string of the molecule is CCn1c(N2CCC[C@@H](N)C2)c(C(=O)NC2CCC2)c2c1c(=O)n(Cc1nc(C)c3ccccc3n1)c(=O)n2C. The monoisotopic (exact) mass is 544 g/mol. The molecule has 1 atom stereocenters. The number of amides is 1. The van der Waals surface area contributed by atoms with Gasteiger partial charge in [-0.25, -0.2) is 14.8 Å². The summed E-state index contributed by atoms with van der Waals surface area (Å²) in [6, 6.07) is 7.74. The summed E-state index contributed by atoms with van der Waals surface area (Å²) in [6.07, 6.45) is 4.73. The summed E-state index contributed by atoms with van der Waals surface area (Å²) in [7, 11) is 1.62. The molecule has 3 N–H and O–H groups in total. The van der Waals surface area contributed by atoms with Crippen LogP contribution in [-0.4, -0.2) is 54.7 Å². The van der Waals surface area contributed by atoms with E-state index in [1.54, 1.807) is 7.05 Å². The summed E-state index contributed by atoms with van der Waals surface area (Å²) >= 11 is 0. The first-order chi connectivity index (χ1) is 19.3. The molecule has 0 radical (unpaired) electrons. The number of piperidine rings is 1. The van der Waals surface area contributed by atoms with Gasteiger partial charge in [-0.1, -0.05) is 18.2 Å². The van der Waals surface area contributed by atoms with Crippen LogP contribution in [0.3, 0.4) is 0 Å². The number of nitrogens with zero attached hydrogens (tertiary/aromatic N) is 6. The molecule has 11 heteroatoms. The third-order valence-corrected chi connectivity index (χ3v) is 8.39.